The lowest BCUT2D eigenvalue weighted by Crippen LogP contribution is -2.25. The Morgan fingerprint density at radius 3 is 2.65 bits per heavy atom. The third-order valence-corrected chi connectivity index (χ3v) is 4.79. The van der Waals surface area contributed by atoms with Crippen LogP contribution >= 0.6 is 11.6 Å². The first-order chi connectivity index (χ1) is 12.3. The maximum Gasteiger partial charge on any atom is 0.243 e. The van der Waals surface area contributed by atoms with Crippen molar-refractivity contribution >= 4 is 40.5 Å². The minimum Gasteiger partial charge on any atom is -0.375 e. The highest BCUT2D eigenvalue weighted by Gasteiger charge is 2.22. The van der Waals surface area contributed by atoms with Crippen molar-refractivity contribution in [1.29, 1.82) is 0 Å². The van der Waals surface area contributed by atoms with Gasteiger partial charge in [-0.2, -0.15) is 0 Å². The average Bonchev–Trinajstić information content (AvgIpc) is 2.97. The van der Waals surface area contributed by atoms with E-state index in [2.05, 4.69) is 10.6 Å². The summed E-state index contributed by atoms with van der Waals surface area (Å²) in [5, 5.41) is 6.60. The average molecular weight is 372 g/mol. The van der Waals surface area contributed by atoms with Gasteiger partial charge in [0.2, 0.25) is 11.8 Å². The van der Waals surface area contributed by atoms with Gasteiger partial charge in [0, 0.05) is 24.8 Å². The van der Waals surface area contributed by atoms with Gasteiger partial charge in [-0.25, -0.2) is 0 Å². The van der Waals surface area contributed by atoms with E-state index in [9.17, 15) is 9.59 Å². The Labute approximate surface area is 158 Å². The number of rotatable bonds is 4. The number of fused-ring (bicyclic) bond motifs is 1. The molecule has 0 spiro atoms. The van der Waals surface area contributed by atoms with Crippen molar-refractivity contribution < 1.29 is 9.59 Å². The molecular formula is C20H22ClN3O2. The number of benzene rings is 2. The molecular weight excluding hydrogens is 350 g/mol. The highest BCUT2D eigenvalue weighted by Crippen LogP contribution is 2.30. The third-order valence-electron chi connectivity index (χ3n) is 4.50. The Kier molecular flexibility index (Phi) is 5.18. The second-order valence-electron chi connectivity index (χ2n) is 6.60. The fraction of sp³-hybridized carbons (Fsp3) is 0.300. The maximum absolute atomic E-state index is 12.3. The number of nitrogens with zero attached hydrogens (tertiary/aromatic N) is 1. The van der Waals surface area contributed by atoms with Crippen LogP contribution in [0.3, 0.4) is 0 Å². The predicted molar refractivity (Wildman–Crippen MR) is 106 cm³/mol. The zero-order valence-corrected chi connectivity index (χ0v) is 15.9. The molecule has 0 fully saturated rings. The molecule has 1 aliphatic heterocycles. The molecule has 6 heteroatoms. The van der Waals surface area contributed by atoms with E-state index in [1.165, 1.54) is 0 Å². The number of aryl methyl sites for hydroxylation is 2. The molecule has 3 rings (SSSR count). The fourth-order valence-electron chi connectivity index (χ4n) is 3.32. The third kappa shape index (κ3) is 3.83. The van der Waals surface area contributed by atoms with E-state index in [0.717, 1.165) is 40.2 Å². The summed E-state index contributed by atoms with van der Waals surface area (Å²) in [7, 11) is 0. The Morgan fingerprint density at radius 1 is 1.19 bits per heavy atom. The first-order valence-electron chi connectivity index (χ1n) is 8.56. The van der Waals surface area contributed by atoms with E-state index >= 15 is 0 Å². The quantitative estimate of drug-likeness (QED) is 0.856. The van der Waals surface area contributed by atoms with Crippen LogP contribution in [0, 0.1) is 13.8 Å². The number of carbonyl (C=O) groups excluding carboxylic acids is 2. The summed E-state index contributed by atoms with van der Waals surface area (Å²) in [4.78, 5) is 25.6. The summed E-state index contributed by atoms with van der Waals surface area (Å²) in [5.74, 6) is -0.113. The number of carbonyl (C=O) groups is 2. The van der Waals surface area contributed by atoms with Gasteiger partial charge in [0.1, 0.15) is 0 Å². The van der Waals surface area contributed by atoms with Crippen molar-refractivity contribution in [2.24, 2.45) is 0 Å². The molecule has 0 radical (unpaired) electrons. The number of anilines is 3. The molecule has 2 aromatic rings. The normalized spacial score (nSPS) is 12.7. The smallest absolute Gasteiger partial charge is 0.243 e. The summed E-state index contributed by atoms with van der Waals surface area (Å²) in [6, 6.07) is 9.53. The molecule has 136 valence electrons. The van der Waals surface area contributed by atoms with Crippen LogP contribution in [0.4, 0.5) is 17.1 Å². The van der Waals surface area contributed by atoms with Crippen molar-refractivity contribution in [3.63, 3.8) is 0 Å². The fourth-order valence-corrected chi connectivity index (χ4v) is 3.71. The van der Waals surface area contributed by atoms with Crippen molar-refractivity contribution in [2.75, 3.05) is 28.6 Å². The van der Waals surface area contributed by atoms with Crippen molar-refractivity contribution in [3.05, 3.63) is 52.0 Å². The Hall–Kier alpha value is -2.53. The number of hydrogen-bond donors (Lipinski definition) is 2. The van der Waals surface area contributed by atoms with Crippen LogP contribution < -0.4 is 15.5 Å². The Bertz CT molecular complexity index is 856. The first-order valence-corrected chi connectivity index (χ1v) is 8.94. The van der Waals surface area contributed by atoms with Gasteiger partial charge in [-0.15, -0.1) is 0 Å². The summed E-state index contributed by atoms with van der Waals surface area (Å²) in [6.07, 6.45) is 0.801. The van der Waals surface area contributed by atoms with Crippen LogP contribution in [0.15, 0.2) is 30.3 Å². The lowest BCUT2D eigenvalue weighted by Gasteiger charge is -2.15. The van der Waals surface area contributed by atoms with Gasteiger partial charge >= 0.3 is 0 Å². The second kappa shape index (κ2) is 7.38. The van der Waals surface area contributed by atoms with E-state index in [1.807, 2.05) is 44.2 Å². The number of hydrogen-bond acceptors (Lipinski definition) is 3. The first kappa shape index (κ1) is 18.3. The van der Waals surface area contributed by atoms with E-state index in [-0.39, 0.29) is 18.4 Å². The van der Waals surface area contributed by atoms with Gasteiger partial charge in [0.05, 0.1) is 17.3 Å². The molecule has 0 saturated carbocycles. The Morgan fingerprint density at radius 2 is 1.96 bits per heavy atom. The number of nitrogens with one attached hydrogen (secondary N) is 2. The van der Waals surface area contributed by atoms with Gasteiger partial charge in [-0.05, 0) is 61.2 Å². The highest BCUT2D eigenvalue weighted by atomic mass is 35.5. The topological polar surface area (TPSA) is 61.4 Å². The summed E-state index contributed by atoms with van der Waals surface area (Å²) < 4.78 is 0. The molecule has 0 saturated heterocycles. The van der Waals surface area contributed by atoms with Crippen molar-refractivity contribution in [3.8, 4) is 0 Å². The lowest BCUT2D eigenvalue weighted by molar-refractivity contribution is -0.116. The van der Waals surface area contributed by atoms with Crippen LogP contribution in [-0.4, -0.2) is 24.9 Å². The molecule has 0 aromatic heterocycles. The van der Waals surface area contributed by atoms with Crippen molar-refractivity contribution in [1.82, 2.24) is 0 Å². The van der Waals surface area contributed by atoms with Crippen LogP contribution in [0.25, 0.3) is 0 Å². The largest absolute Gasteiger partial charge is 0.375 e. The monoisotopic (exact) mass is 371 g/mol. The standard InChI is InChI=1S/C20H22ClN3O2/c1-12-8-13(2)20(17(21)9-12)22-11-19(26)23-16-4-5-18-15(10-16)6-7-24(18)14(3)25/h4-5,8-10,22H,6-7,11H2,1-3H3,(H,23,26). The lowest BCUT2D eigenvalue weighted by atomic mass is 10.1. The molecule has 1 aliphatic rings. The van der Waals surface area contributed by atoms with Crippen LogP contribution in [0.5, 0.6) is 0 Å². The number of amides is 2. The van der Waals surface area contributed by atoms with Gasteiger partial charge < -0.3 is 15.5 Å². The molecule has 2 N–H and O–H groups in total. The van der Waals surface area contributed by atoms with Crippen LogP contribution in [0.2, 0.25) is 5.02 Å². The van der Waals surface area contributed by atoms with Crippen molar-refractivity contribution in [2.45, 2.75) is 27.2 Å². The second-order valence-corrected chi connectivity index (χ2v) is 7.01. The summed E-state index contributed by atoms with van der Waals surface area (Å²) >= 11 is 6.26. The zero-order valence-electron chi connectivity index (χ0n) is 15.1. The van der Waals surface area contributed by atoms with E-state index < -0.39 is 0 Å². The minimum atomic E-state index is -0.151. The highest BCUT2D eigenvalue weighted by molar-refractivity contribution is 6.33. The van der Waals surface area contributed by atoms with E-state index in [1.54, 1.807) is 11.8 Å². The predicted octanol–water partition coefficient (Wildman–Crippen LogP) is 3.92. The van der Waals surface area contributed by atoms with E-state index in [4.69, 9.17) is 11.6 Å². The molecule has 26 heavy (non-hydrogen) atoms. The van der Waals surface area contributed by atoms with Crippen LogP contribution in [0.1, 0.15) is 23.6 Å². The zero-order chi connectivity index (χ0) is 18.8. The summed E-state index contributed by atoms with van der Waals surface area (Å²) in [5.41, 5.74) is 5.59. The molecule has 0 aliphatic carbocycles. The molecule has 1 heterocycles. The molecule has 5 nitrogen and oxygen atoms in total. The SMILES string of the molecule is CC(=O)N1CCc2cc(NC(=O)CNc3c(C)cc(C)cc3Cl)ccc21. The van der Waals surface area contributed by atoms with Gasteiger partial charge in [0.25, 0.3) is 0 Å². The number of halogens is 1. The molecule has 0 atom stereocenters. The van der Waals surface area contributed by atoms with Gasteiger partial charge in [-0.3, -0.25) is 9.59 Å². The molecule has 0 unspecified atom stereocenters. The molecule has 0 bridgehead atoms. The molecule has 2 aromatic carbocycles. The molecule has 2 amide bonds. The van der Waals surface area contributed by atoms with Crippen LogP contribution in [-0.2, 0) is 16.0 Å². The minimum absolute atomic E-state index is 0.0371. The Balaban J connectivity index is 1.64. The van der Waals surface area contributed by atoms with Gasteiger partial charge in [0.15, 0.2) is 0 Å². The van der Waals surface area contributed by atoms with Gasteiger partial charge in [-0.1, -0.05) is 17.7 Å². The van der Waals surface area contributed by atoms with E-state index in [0.29, 0.717) is 11.6 Å². The summed E-state index contributed by atoms with van der Waals surface area (Å²) in [6.45, 7) is 6.32. The maximum atomic E-state index is 12.3.